The van der Waals surface area contributed by atoms with Gasteiger partial charge in [-0.2, -0.15) is 0 Å². The van der Waals surface area contributed by atoms with Crippen molar-refractivity contribution in [3.05, 3.63) is 55.0 Å². The molecule has 2 N–H and O–H groups in total. The maximum atomic E-state index is 12.2. The molecule has 0 fully saturated rings. The lowest BCUT2D eigenvalue weighted by atomic mass is 10.2. The minimum atomic E-state index is -0.435. The number of rotatable bonds is 2. The first kappa shape index (κ1) is 15.5. The lowest BCUT2D eigenvalue weighted by molar-refractivity contribution is 0.0851. The lowest BCUT2D eigenvalue weighted by Crippen LogP contribution is -2.41. The number of carbonyl (C=O) groups is 2. The molecule has 0 saturated heterocycles. The Balaban J connectivity index is 1.73. The number of hydrogen-bond donors (Lipinski definition) is 2. The summed E-state index contributed by atoms with van der Waals surface area (Å²) in [6.07, 6.45) is 0. The van der Waals surface area contributed by atoms with Gasteiger partial charge in [0.15, 0.2) is 0 Å². The van der Waals surface area contributed by atoms with Gasteiger partial charge in [-0.1, -0.05) is 29.8 Å². The molecule has 0 atom stereocenters. The Kier molecular flexibility index (Phi) is 4.49. The molecular weight excluding hydrogens is 408 g/mol. The second-order valence-corrected chi connectivity index (χ2v) is 8.15. The molecule has 4 nitrogen and oxygen atoms in total. The summed E-state index contributed by atoms with van der Waals surface area (Å²) >= 11 is 12.1. The molecule has 8 heteroatoms. The van der Waals surface area contributed by atoms with Crippen LogP contribution in [-0.2, 0) is 0 Å². The van der Waals surface area contributed by atoms with Crippen molar-refractivity contribution in [1.29, 1.82) is 0 Å². The number of hydrazine groups is 1. The molecule has 0 radical (unpaired) electrons. The van der Waals surface area contributed by atoms with Crippen LogP contribution in [0.15, 0.2) is 40.2 Å². The second kappa shape index (κ2) is 6.37. The summed E-state index contributed by atoms with van der Waals surface area (Å²) in [5.74, 6) is -0.809. The molecule has 0 spiro atoms. The summed E-state index contributed by atoms with van der Waals surface area (Å²) in [5, 5.41) is 1.22. The van der Waals surface area contributed by atoms with Crippen molar-refractivity contribution < 1.29 is 9.59 Å². The van der Waals surface area contributed by atoms with E-state index in [1.54, 1.807) is 12.1 Å². The van der Waals surface area contributed by atoms with E-state index in [0.717, 1.165) is 13.9 Å². The molecule has 22 heavy (non-hydrogen) atoms. The molecule has 2 amide bonds. The predicted molar refractivity (Wildman–Crippen MR) is 93.8 cm³/mol. The van der Waals surface area contributed by atoms with Gasteiger partial charge in [0.05, 0.1) is 13.7 Å². The molecular formula is C14H8BrClN2O2S2. The van der Waals surface area contributed by atoms with Crippen LogP contribution in [0.1, 0.15) is 19.3 Å². The van der Waals surface area contributed by atoms with E-state index >= 15 is 0 Å². The van der Waals surface area contributed by atoms with Crippen LogP contribution >= 0.6 is 50.2 Å². The molecule has 0 bridgehead atoms. The van der Waals surface area contributed by atoms with Crippen LogP contribution in [0.2, 0.25) is 5.02 Å². The van der Waals surface area contributed by atoms with Crippen molar-refractivity contribution >= 4 is 72.1 Å². The molecule has 1 aromatic carbocycles. The van der Waals surface area contributed by atoms with Gasteiger partial charge in [-0.05, 0) is 34.1 Å². The largest absolute Gasteiger partial charge is 0.281 e. The normalized spacial score (nSPS) is 10.6. The van der Waals surface area contributed by atoms with Crippen LogP contribution in [0, 0.1) is 0 Å². The van der Waals surface area contributed by atoms with Crippen LogP contribution in [0.5, 0.6) is 0 Å². The van der Waals surface area contributed by atoms with Gasteiger partial charge in [0.2, 0.25) is 0 Å². The number of amides is 2. The van der Waals surface area contributed by atoms with Crippen LogP contribution in [0.3, 0.4) is 0 Å². The van der Waals surface area contributed by atoms with Crippen molar-refractivity contribution in [3.63, 3.8) is 0 Å². The molecule has 3 rings (SSSR count). The molecule has 2 heterocycles. The maximum absolute atomic E-state index is 12.2. The monoisotopic (exact) mass is 414 g/mol. The first-order valence-electron chi connectivity index (χ1n) is 6.09. The highest BCUT2D eigenvalue weighted by Crippen LogP contribution is 2.34. The maximum Gasteiger partial charge on any atom is 0.281 e. The standard InChI is InChI=1S/C14H8BrClN2O2S2/c15-10-6-5-9(21-10)13(19)17-18-14(20)12-11(16)7-3-1-2-4-8(7)22-12/h1-6H,(H,17,19)(H,18,20). The van der Waals surface area contributed by atoms with E-state index in [1.165, 1.54) is 22.7 Å². The van der Waals surface area contributed by atoms with Crippen LogP contribution in [0.25, 0.3) is 10.1 Å². The highest BCUT2D eigenvalue weighted by atomic mass is 79.9. The second-order valence-electron chi connectivity index (χ2n) is 4.25. The predicted octanol–water partition coefficient (Wildman–Crippen LogP) is 4.45. The van der Waals surface area contributed by atoms with Crippen molar-refractivity contribution in [3.8, 4) is 0 Å². The fraction of sp³-hybridized carbons (Fsp3) is 0. The highest BCUT2D eigenvalue weighted by Gasteiger charge is 2.18. The van der Waals surface area contributed by atoms with Gasteiger partial charge in [-0.15, -0.1) is 22.7 Å². The van der Waals surface area contributed by atoms with Gasteiger partial charge in [0, 0.05) is 10.1 Å². The van der Waals surface area contributed by atoms with E-state index in [0.29, 0.717) is 14.8 Å². The van der Waals surface area contributed by atoms with E-state index in [2.05, 4.69) is 26.8 Å². The average Bonchev–Trinajstić information content (AvgIpc) is 3.09. The Bertz CT molecular complexity index is 875. The van der Waals surface area contributed by atoms with E-state index in [-0.39, 0.29) is 5.91 Å². The fourth-order valence-electron chi connectivity index (χ4n) is 1.83. The number of hydrogen-bond acceptors (Lipinski definition) is 4. The molecule has 112 valence electrons. The summed E-state index contributed by atoms with van der Waals surface area (Å²) in [7, 11) is 0. The Labute approximate surface area is 147 Å². The van der Waals surface area contributed by atoms with E-state index in [1.807, 2.05) is 24.3 Å². The average molecular weight is 416 g/mol. The summed E-state index contributed by atoms with van der Waals surface area (Å²) in [4.78, 5) is 24.9. The van der Waals surface area contributed by atoms with Crippen molar-refractivity contribution in [2.24, 2.45) is 0 Å². The van der Waals surface area contributed by atoms with E-state index in [9.17, 15) is 9.59 Å². The Morgan fingerprint density at radius 3 is 2.41 bits per heavy atom. The van der Waals surface area contributed by atoms with E-state index < -0.39 is 5.91 Å². The van der Waals surface area contributed by atoms with Gasteiger partial charge >= 0.3 is 0 Å². The summed E-state index contributed by atoms with van der Waals surface area (Å²) in [6.45, 7) is 0. The quantitative estimate of drug-likeness (QED) is 0.607. The fourth-order valence-corrected chi connectivity index (χ4v) is 4.52. The molecule has 2 aromatic heterocycles. The summed E-state index contributed by atoms with van der Waals surface area (Å²) in [5.41, 5.74) is 4.77. The molecule has 3 aromatic rings. The number of benzene rings is 1. The van der Waals surface area contributed by atoms with E-state index in [4.69, 9.17) is 11.6 Å². The zero-order chi connectivity index (χ0) is 15.7. The Hall–Kier alpha value is -1.41. The summed E-state index contributed by atoms with van der Waals surface area (Å²) < 4.78 is 1.77. The van der Waals surface area contributed by atoms with Gasteiger partial charge in [-0.25, -0.2) is 0 Å². The molecule has 0 aliphatic rings. The SMILES string of the molecule is O=C(NNC(=O)c1sc2ccccc2c1Cl)c1ccc(Br)s1. The van der Waals surface area contributed by atoms with Crippen LogP contribution < -0.4 is 10.9 Å². The zero-order valence-electron chi connectivity index (χ0n) is 10.9. The molecule has 0 unspecified atom stereocenters. The topological polar surface area (TPSA) is 58.2 Å². The van der Waals surface area contributed by atoms with Gasteiger partial charge < -0.3 is 0 Å². The third-order valence-electron chi connectivity index (χ3n) is 2.83. The third-order valence-corrected chi connectivity index (χ3v) is 6.12. The molecule has 0 aliphatic heterocycles. The molecule has 0 aliphatic carbocycles. The lowest BCUT2D eigenvalue weighted by Gasteiger charge is -2.04. The zero-order valence-corrected chi connectivity index (χ0v) is 14.8. The number of nitrogens with one attached hydrogen (secondary N) is 2. The highest BCUT2D eigenvalue weighted by molar-refractivity contribution is 9.11. The minimum Gasteiger partial charge on any atom is -0.266 e. The third kappa shape index (κ3) is 3.03. The van der Waals surface area contributed by atoms with Crippen molar-refractivity contribution in [2.45, 2.75) is 0 Å². The minimum absolute atomic E-state index is 0.371. The number of fused-ring (bicyclic) bond motifs is 1. The van der Waals surface area contributed by atoms with Gasteiger partial charge in [0.25, 0.3) is 11.8 Å². The first-order chi connectivity index (χ1) is 10.6. The van der Waals surface area contributed by atoms with Crippen LogP contribution in [0.4, 0.5) is 0 Å². The Morgan fingerprint density at radius 1 is 1.00 bits per heavy atom. The van der Waals surface area contributed by atoms with Gasteiger partial charge in [0.1, 0.15) is 4.88 Å². The number of carbonyl (C=O) groups excluding carboxylic acids is 2. The molecule has 0 saturated carbocycles. The smallest absolute Gasteiger partial charge is 0.266 e. The van der Waals surface area contributed by atoms with Crippen molar-refractivity contribution in [2.75, 3.05) is 0 Å². The number of thiophene rings is 2. The summed E-state index contributed by atoms with van der Waals surface area (Å²) in [6, 6.07) is 10.9. The van der Waals surface area contributed by atoms with Crippen LogP contribution in [-0.4, -0.2) is 11.8 Å². The Morgan fingerprint density at radius 2 is 1.73 bits per heavy atom. The van der Waals surface area contributed by atoms with Gasteiger partial charge in [-0.3, -0.25) is 20.4 Å². The first-order valence-corrected chi connectivity index (χ1v) is 8.89. The van der Waals surface area contributed by atoms with Crippen molar-refractivity contribution in [1.82, 2.24) is 10.9 Å². The number of halogens is 2.